The van der Waals surface area contributed by atoms with Gasteiger partial charge in [0.2, 0.25) is 11.8 Å². The van der Waals surface area contributed by atoms with Crippen LogP contribution < -0.4 is 14.8 Å². The van der Waals surface area contributed by atoms with E-state index in [0.29, 0.717) is 28.4 Å². The van der Waals surface area contributed by atoms with Crippen molar-refractivity contribution in [3.63, 3.8) is 0 Å². The largest absolute Gasteiger partial charge is 0.497 e. The van der Waals surface area contributed by atoms with Gasteiger partial charge >= 0.3 is 12.1 Å². The van der Waals surface area contributed by atoms with Gasteiger partial charge in [0.05, 0.1) is 31.7 Å². The molecule has 0 spiro atoms. The molecule has 1 aliphatic heterocycles. The molecule has 11 heteroatoms. The summed E-state index contributed by atoms with van der Waals surface area (Å²) in [6.45, 7) is 12.6. The van der Waals surface area contributed by atoms with Crippen molar-refractivity contribution in [1.82, 2.24) is 20.2 Å². The standard InChI is InChI=1S/C27H38N4O7/c1-15-28-19-11-10-16(35-8)12-18(19)22(29-15)37-17-13-20(24(33)36-9)31(14-17)23(32)21(26(2,3)4)30-25(34)38-27(5,6)7/h10-12,17,20-21H,13-14H2,1-9H3,(H,30,34)/t17-,20?,21-/m1/s1. The van der Waals surface area contributed by atoms with Crippen molar-refractivity contribution in [2.45, 2.75) is 78.7 Å². The van der Waals surface area contributed by atoms with Gasteiger partial charge in [0.1, 0.15) is 35.4 Å². The molecule has 1 unspecified atom stereocenters. The molecule has 0 bridgehead atoms. The van der Waals surface area contributed by atoms with Crippen LogP contribution in [0.1, 0.15) is 53.8 Å². The van der Waals surface area contributed by atoms with E-state index in [0.717, 1.165) is 0 Å². The summed E-state index contributed by atoms with van der Waals surface area (Å²) in [7, 11) is 2.84. The van der Waals surface area contributed by atoms with E-state index in [1.54, 1.807) is 46.9 Å². The Kier molecular flexibility index (Phi) is 8.38. The number of rotatable bonds is 6. The molecular weight excluding hydrogens is 492 g/mol. The van der Waals surface area contributed by atoms with Gasteiger partial charge in [0.25, 0.3) is 0 Å². The third kappa shape index (κ3) is 6.81. The van der Waals surface area contributed by atoms with Gasteiger partial charge in [0, 0.05) is 6.42 Å². The molecule has 38 heavy (non-hydrogen) atoms. The Hall–Kier alpha value is -3.63. The Balaban J connectivity index is 1.90. The fourth-order valence-corrected chi connectivity index (χ4v) is 4.29. The molecule has 2 amide bonds. The van der Waals surface area contributed by atoms with E-state index in [1.807, 2.05) is 26.8 Å². The van der Waals surface area contributed by atoms with Crippen molar-refractivity contribution < 1.29 is 33.3 Å². The summed E-state index contributed by atoms with van der Waals surface area (Å²) in [6.07, 6.45) is -1.09. The quantitative estimate of drug-likeness (QED) is 0.559. The molecule has 1 fully saturated rings. The van der Waals surface area contributed by atoms with Crippen LogP contribution in [0.3, 0.4) is 0 Å². The zero-order valence-electron chi connectivity index (χ0n) is 23.6. The normalized spacial score (nSPS) is 18.6. The summed E-state index contributed by atoms with van der Waals surface area (Å²) in [4.78, 5) is 49.5. The van der Waals surface area contributed by atoms with Crippen LogP contribution in [-0.2, 0) is 19.1 Å². The number of aromatic nitrogens is 2. The molecule has 1 aliphatic rings. The van der Waals surface area contributed by atoms with Crippen LogP contribution in [0.25, 0.3) is 10.9 Å². The number of likely N-dealkylation sites (tertiary alicyclic amines) is 1. The Morgan fingerprint density at radius 3 is 2.34 bits per heavy atom. The van der Waals surface area contributed by atoms with Crippen LogP contribution in [0.15, 0.2) is 18.2 Å². The summed E-state index contributed by atoms with van der Waals surface area (Å²) >= 11 is 0. The van der Waals surface area contributed by atoms with Crippen LogP contribution in [0, 0.1) is 12.3 Å². The molecule has 1 N–H and O–H groups in total. The number of fused-ring (bicyclic) bond motifs is 1. The predicted octanol–water partition coefficient (Wildman–Crippen LogP) is 3.41. The van der Waals surface area contributed by atoms with E-state index >= 15 is 0 Å². The zero-order chi connectivity index (χ0) is 28.4. The molecule has 1 saturated heterocycles. The molecule has 3 rings (SSSR count). The average molecular weight is 531 g/mol. The van der Waals surface area contributed by atoms with Crippen LogP contribution >= 0.6 is 0 Å². The fraction of sp³-hybridized carbons (Fsp3) is 0.593. The number of methoxy groups -OCH3 is 2. The number of ether oxygens (including phenoxy) is 4. The minimum Gasteiger partial charge on any atom is -0.497 e. The Morgan fingerprint density at radius 2 is 1.76 bits per heavy atom. The van der Waals surface area contributed by atoms with Crippen molar-refractivity contribution in [2.24, 2.45) is 5.41 Å². The minimum absolute atomic E-state index is 0.0929. The molecule has 0 radical (unpaired) electrons. The summed E-state index contributed by atoms with van der Waals surface area (Å²) in [5, 5.41) is 3.34. The predicted molar refractivity (Wildman–Crippen MR) is 140 cm³/mol. The van der Waals surface area contributed by atoms with Crippen molar-refractivity contribution in [2.75, 3.05) is 20.8 Å². The fourth-order valence-electron chi connectivity index (χ4n) is 4.29. The first-order valence-corrected chi connectivity index (χ1v) is 12.5. The molecular formula is C27H38N4O7. The van der Waals surface area contributed by atoms with Gasteiger partial charge in [-0.2, -0.15) is 4.98 Å². The Morgan fingerprint density at radius 1 is 1.08 bits per heavy atom. The van der Waals surface area contributed by atoms with Crippen LogP contribution in [0.2, 0.25) is 0 Å². The number of amides is 2. The second kappa shape index (κ2) is 11.0. The molecule has 3 atom stereocenters. The second-order valence-corrected chi connectivity index (χ2v) is 11.4. The maximum absolute atomic E-state index is 13.8. The first kappa shape index (κ1) is 28.9. The van der Waals surface area contributed by atoms with Gasteiger partial charge in [-0.1, -0.05) is 20.8 Å². The maximum atomic E-state index is 13.8. The van der Waals surface area contributed by atoms with E-state index in [-0.39, 0.29) is 13.0 Å². The van der Waals surface area contributed by atoms with Gasteiger partial charge in [0.15, 0.2) is 0 Å². The van der Waals surface area contributed by atoms with Crippen molar-refractivity contribution >= 4 is 28.9 Å². The van der Waals surface area contributed by atoms with E-state index in [4.69, 9.17) is 18.9 Å². The van der Waals surface area contributed by atoms with Gasteiger partial charge < -0.3 is 29.2 Å². The lowest BCUT2D eigenvalue weighted by atomic mass is 9.85. The Labute approximate surface area is 223 Å². The first-order valence-electron chi connectivity index (χ1n) is 12.5. The van der Waals surface area contributed by atoms with Gasteiger partial charge in [-0.15, -0.1) is 0 Å². The molecule has 1 aromatic heterocycles. The number of carbonyl (C=O) groups is 3. The minimum atomic E-state index is -0.963. The highest BCUT2D eigenvalue weighted by atomic mass is 16.6. The lowest BCUT2D eigenvalue weighted by Crippen LogP contribution is -2.57. The lowest BCUT2D eigenvalue weighted by molar-refractivity contribution is -0.152. The summed E-state index contributed by atoms with van der Waals surface area (Å²) in [5.41, 5.74) is -0.736. The number of aryl methyl sites for hydroxylation is 1. The number of hydrogen-bond donors (Lipinski definition) is 1. The van der Waals surface area contributed by atoms with Crippen molar-refractivity contribution in [3.8, 4) is 11.6 Å². The highest BCUT2D eigenvalue weighted by molar-refractivity contribution is 5.91. The highest BCUT2D eigenvalue weighted by Gasteiger charge is 2.46. The molecule has 208 valence electrons. The maximum Gasteiger partial charge on any atom is 0.408 e. The number of nitrogens with one attached hydrogen (secondary N) is 1. The van der Waals surface area contributed by atoms with Crippen LogP contribution in [0.4, 0.5) is 4.79 Å². The first-order chi connectivity index (χ1) is 17.6. The van der Waals surface area contributed by atoms with E-state index in [9.17, 15) is 14.4 Å². The second-order valence-electron chi connectivity index (χ2n) is 11.4. The number of nitrogens with zero attached hydrogens (tertiary/aromatic N) is 3. The summed E-state index contributed by atoms with van der Waals surface area (Å²) in [6, 6.07) is 3.53. The molecule has 1 aromatic carbocycles. The SMILES string of the molecule is COC(=O)C1C[C@@H](Oc2nc(C)nc3ccc(OC)cc23)CN1C(=O)[C@@H](NC(=O)OC(C)(C)C)C(C)(C)C. The third-order valence-electron chi connectivity index (χ3n) is 6.05. The molecule has 2 heterocycles. The molecule has 2 aromatic rings. The van der Waals surface area contributed by atoms with Crippen molar-refractivity contribution in [3.05, 3.63) is 24.0 Å². The molecule has 0 aliphatic carbocycles. The summed E-state index contributed by atoms with van der Waals surface area (Å²) in [5.74, 6) is 0.456. The number of carbonyl (C=O) groups excluding carboxylic acids is 3. The number of esters is 1. The Bertz CT molecular complexity index is 1200. The smallest absolute Gasteiger partial charge is 0.408 e. The van der Waals surface area contributed by atoms with Gasteiger partial charge in [-0.05, 0) is 51.3 Å². The number of alkyl carbamates (subject to hydrolysis) is 1. The average Bonchev–Trinajstić information content (AvgIpc) is 3.23. The third-order valence-corrected chi connectivity index (χ3v) is 6.05. The number of benzene rings is 1. The number of hydrogen-bond acceptors (Lipinski definition) is 9. The van der Waals surface area contributed by atoms with Crippen LogP contribution in [0.5, 0.6) is 11.6 Å². The van der Waals surface area contributed by atoms with Gasteiger partial charge in [-0.25, -0.2) is 14.6 Å². The van der Waals surface area contributed by atoms with E-state index in [1.165, 1.54) is 12.0 Å². The lowest BCUT2D eigenvalue weighted by Gasteiger charge is -2.35. The van der Waals surface area contributed by atoms with E-state index in [2.05, 4.69) is 15.3 Å². The highest BCUT2D eigenvalue weighted by Crippen LogP contribution is 2.32. The summed E-state index contributed by atoms with van der Waals surface area (Å²) < 4.78 is 22.0. The molecule has 11 nitrogen and oxygen atoms in total. The van der Waals surface area contributed by atoms with Gasteiger partial charge in [-0.3, -0.25) is 4.79 Å². The topological polar surface area (TPSA) is 129 Å². The van der Waals surface area contributed by atoms with E-state index < -0.39 is 47.2 Å². The zero-order valence-corrected chi connectivity index (χ0v) is 23.6. The van der Waals surface area contributed by atoms with Crippen molar-refractivity contribution in [1.29, 1.82) is 0 Å². The monoisotopic (exact) mass is 530 g/mol. The van der Waals surface area contributed by atoms with Crippen LogP contribution in [-0.4, -0.2) is 77.4 Å². The molecule has 0 saturated carbocycles.